The molecule has 0 radical (unpaired) electrons. The van der Waals surface area contributed by atoms with Crippen molar-refractivity contribution in [2.45, 2.75) is 26.4 Å². The van der Waals surface area contributed by atoms with Gasteiger partial charge in [0.15, 0.2) is 0 Å². The molecule has 0 atom stereocenters. The molecule has 24 heavy (non-hydrogen) atoms. The quantitative estimate of drug-likeness (QED) is 0.773. The lowest BCUT2D eigenvalue weighted by Gasteiger charge is -2.17. The highest BCUT2D eigenvalue weighted by Gasteiger charge is 2.19. The van der Waals surface area contributed by atoms with Crippen LogP contribution in [0.1, 0.15) is 35.8 Å². The molecule has 8 nitrogen and oxygen atoms in total. The summed E-state index contributed by atoms with van der Waals surface area (Å²) in [6.45, 7) is 4.60. The molecule has 1 amide bonds. The Bertz CT molecular complexity index is 823. The highest BCUT2D eigenvalue weighted by molar-refractivity contribution is 5.99. The van der Waals surface area contributed by atoms with Gasteiger partial charge in [-0.2, -0.15) is 10.3 Å². The van der Waals surface area contributed by atoms with Crippen LogP contribution in [0.15, 0.2) is 36.7 Å². The molecule has 0 unspecified atom stereocenters. The molecule has 0 fully saturated rings. The minimum absolute atomic E-state index is 0.104. The number of benzene rings is 1. The first-order valence-electron chi connectivity index (χ1n) is 7.67. The monoisotopic (exact) mass is 325 g/mol. The molecule has 0 aliphatic heterocycles. The first kappa shape index (κ1) is 15.9. The maximum atomic E-state index is 12.8. The largest absolute Gasteiger partial charge is 0.337 e. The predicted octanol–water partition coefficient (Wildman–Crippen LogP) is 1.92. The van der Waals surface area contributed by atoms with Crippen LogP contribution in [-0.2, 0) is 6.54 Å². The molecule has 0 bridgehead atoms. The van der Waals surface area contributed by atoms with Crippen LogP contribution < -0.4 is 0 Å². The van der Waals surface area contributed by atoms with Gasteiger partial charge in [-0.1, -0.05) is 18.2 Å². The van der Waals surface area contributed by atoms with Crippen molar-refractivity contribution in [3.05, 3.63) is 47.8 Å². The number of hydrogen-bond acceptors (Lipinski definition) is 5. The van der Waals surface area contributed by atoms with Gasteiger partial charge in [0, 0.05) is 37.0 Å². The van der Waals surface area contributed by atoms with E-state index in [1.807, 2.05) is 29.1 Å². The van der Waals surface area contributed by atoms with E-state index in [4.69, 9.17) is 0 Å². The Morgan fingerprint density at radius 3 is 2.79 bits per heavy atom. The average molecular weight is 325 g/mol. The zero-order valence-electron chi connectivity index (χ0n) is 13.8. The molecule has 1 N–H and O–H groups in total. The van der Waals surface area contributed by atoms with Crippen LogP contribution >= 0.6 is 0 Å². The average Bonchev–Trinajstić information content (AvgIpc) is 3.25. The summed E-state index contributed by atoms with van der Waals surface area (Å²) in [6.07, 6.45) is 3.74. The van der Waals surface area contributed by atoms with Gasteiger partial charge in [-0.15, -0.1) is 10.2 Å². The van der Waals surface area contributed by atoms with E-state index < -0.39 is 0 Å². The molecule has 0 aliphatic carbocycles. The van der Waals surface area contributed by atoms with Crippen molar-refractivity contribution in [3.63, 3.8) is 0 Å². The van der Waals surface area contributed by atoms with Gasteiger partial charge in [0.05, 0.1) is 11.8 Å². The van der Waals surface area contributed by atoms with E-state index in [1.54, 1.807) is 24.2 Å². The van der Waals surface area contributed by atoms with Crippen molar-refractivity contribution in [1.29, 1.82) is 0 Å². The topological polar surface area (TPSA) is 92.6 Å². The van der Waals surface area contributed by atoms with Crippen LogP contribution in [0.25, 0.3) is 11.4 Å². The summed E-state index contributed by atoms with van der Waals surface area (Å²) in [6, 6.07) is 7.53. The minimum Gasteiger partial charge on any atom is -0.337 e. The van der Waals surface area contributed by atoms with Crippen molar-refractivity contribution in [2.24, 2.45) is 0 Å². The van der Waals surface area contributed by atoms with Crippen LogP contribution in [0.5, 0.6) is 0 Å². The molecule has 2 aromatic heterocycles. The second kappa shape index (κ2) is 6.61. The first-order valence-corrected chi connectivity index (χ1v) is 7.67. The molecule has 0 saturated heterocycles. The summed E-state index contributed by atoms with van der Waals surface area (Å²) in [5.41, 5.74) is 2.18. The first-order chi connectivity index (χ1) is 11.6. The highest BCUT2D eigenvalue weighted by Crippen LogP contribution is 2.21. The van der Waals surface area contributed by atoms with Crippen LogP contribution in [0.4, 0.5) is 0 Å². The SMILES string of the molecule is CC(C)n1cc(CN(C)C(=O)c2ccccc2-c2nn[nH]n2)cn1. The standard InChI is InChI=1S/C16H19N7O/c1-11(2)23-10-12(8-17-23)9-22(3)16(24)14-7-5-4-6-13(14)15-18-20-21-19-15/h4-8,10-11H,9H2,1-3H3,(H,18,19,20,21). The number of nitrogens with one attached hydrogen (secondary N) is 1. The van der Waals surface area contributed by atoms with Gasteiger partial charge in [-0.3, -0.25) is 9.48 Å². The van der Waals surface area contributed by atoms with E-state index in [0.29, 0.717) is 29.5 Å². The Kier molecular flexibility index (Phi) is 4.37. The predicted molar refractivity (Wildman–Crippen MR) is 88.0 cm³/mol. The fourth-order valence-corrected chi connectivity index (χ4v) is 2.43. The van der Waals surface area contributed by atoms with Crippen molar-refractivity contribution in [3.8, 4) is 11.4 Å². The summed E-state index contributed by atoms with van der Waals surface area (Å²) in [5.74, 6) is 0.299. The Morgan fingerprint density at radius 1 is 1.33 bits per heavy atom. The Labute approximate surface area is 139 Å². The fourth-order valence-electron chi connectivity index (χ4n) is 2.43. The third-order valence-corrected chi connectivity index (χ3v) is 3.69. The number of hydrogen-bond donors (Lipinski definition) is 1. The number of carbonyl (C=O) groups is 1. The van der Waals surface area contributed by atoms with Crippen molar-refractivity contribution in [2.75, 3.05) is 7.05 Å². The number of H-pyrrole nitrogens is 1. The van der Waals surface area contributed by atoms with Crippen LogP contribution in [0, 0.1) is 0 Å². The number of tetrazole rings is 1. The molecule has 8 heteroatoms. The zero-order valence-corrected chi connectivity index (χ0v) is 13.8. The third-order valence-electron chi connectivity index (χ3n) is 3.69. The van der Waals surface area contributed by atoms with Gasteiger partial charge in [-0.25, -0.2) is 0 Å². The summed E-state index contributed by atoms with van der Waals surface area (Å²) in [4.78, 5) is 14.5. The van der Waals surface area contributed by atoms with E-state index in [-0.39, 0.29) is 5.91 Å². The maximum absolute atomic E-state index is 12.8. The fraction of sp³-hybridized carbons (Fsp3) is 0.312. The molecular weight excluding hydrogens is 306 g/mol. The summed E-state index contributed by atoms with van der Waals surface area (Å²) < 4.78 is 1.88. The molecule has 1 aromatic carbocycles. The molecule has 124 valence electrons. The number of rotatable bonds is 5. The van der Waals surface area contributed by atoms with E-state index >= 15 is 0 Å². The van der Waals surface area contributed by atoms with E-state index in [0.717, 1.165) is 5.56 Å². The normalized spacial score (nSPS) is 11.0. The molecule has 3 rings (SSSR count). The molecule has 2 heterocycles. The molecule has 0 aliphatic rings. The lowest BCUT2D eigenvalue weighted by Crippen LogP contribution is -2.26. The second-order valence-electron chi connectivity index (χ2n) is 5.86. The third kappa shape index (κ3) is 3.17. The summed E-state index contributed by atoms with van der Waals surface area (Å²) in [5, 5.41) is 18.2. The smallest absolute Gasteiger partial charge is 0.254 e. The van der Waals surface area contributed by atoms with Gasteiger partial charge < -0.3 is 4.90 Å². The Balaban J connectivity index is 1.81. The molecular formula is C16H19N7O. The van der Waals surface area contributed by atoms with Crippen LogP contribution in [-0.4, -0.2) is 48.3 Å². The van der Waals surface area contributed by atoms with Gasteiger partial charge in [-0.05, 0) is 25.1 Å². The van der Waals surface area contributed by atoms with E-state index in [1.165, 1.54) is 0 Å². The van der Waals surface area contributed by atoms with Gasteiger partial charge in [0.1, 0.15) is 0 Å². The maximum Gasteiger partial charge on any atom is 0.254 e. The zero-order chi connectivity index (χ0) is 17.1. The number of aromatic nitrogens is 6. The van der Waals surface area contributed by atoms with Crippen molar-refractivity contribution >= 4 is 5.91 Å². The highest BCUT2D eigenvalue weighted by atomic mass is 16.2. The van der Waals surface area contributed by atoms with Crippen LogP contribution in [0.3, 0.4) is 0 Å². The lowest BCUT2D eigenvalue weighted by molar-refractivity contribution is 0.0786. The second-order valence-corrected chi connectivity index (χ2v) is 5.86. The number of aromatic amines is 1. The number of amides is 1. The van der Waals surface area contributed by atoms with Gasteiger partial charge in [0.2, 0.25) is 5.82 Å². The number of nitrogens with zero attached hydrogens (tertiary/aromatic N) is 6. The minimum atomic E-state index is -0.104. The van der Waals surface area contributed by atoms with Gasteiger partial charge >= 0.3 is 0 Å². The summed E-state index contributed by atoms with van der Waals surface area (Å²) in [7, 11) is 1.77. The lowest BCUT2D eigenvalue weighted by atomic mass is 10.1. The van der Waals surface area contributed by atoms with Crippen LogP contribution in [0.2, 0.25) is 0 Å². The molecule has 0 saturated carbocycles. The van der Waals surface area contributed by atoms with Crippen molar-refractivity contribution < 1.29 is 4.79 Å². The number of carbonyl (C=O) groups excluding carboxylic acids is 1. The van der Waals surface area contributed by atoms with Gasteiger partial charge in [0.25, 0.3) is 5.91 Å². The Hall–Kier alpha value is -3.03. The van der Waals surface area contributed by atoms with E-state index in [2.05, 4.69) is 39.6 Å². The Morgan fingerprint density at radius 2 is 2.12 bits per heavy atom. The molecule has 0 spiro atoms. The van der Waals surface area contributed by atoms with Crippen molar-refractivity contribution in [1.82, 2.24) is 35.3 Å². The molecule has 3 aromatic rings. The van der Waals surface area contributed by atoms with E-state index in [9.17, 15) is 4.79 Å². The summed E-state index contributed by atoms with van der Waals surface area (Å²) >= 11 is 0.